The van der Waals surface area contributed by atoms with Crippen LogP contribution < -0.4 is 10.6 Å². The van der Waals surface area contributed by atoms with Gasteiger partial charge in [0.2, 0.25) is 0 Å². The van der Waals surface area contributed by atoms with Crippen LogP contribution in [0.5, 0.6) is 0 Å². The van der Waals surface area contributed by atoms with E-state index < -0.39 is 0 Å². The SMILES string of the molecule is CNCC(O)CN1CCCC1.CNCC(O)CN1CCCC1. The smallest absolute Gasteiger partial charge is 0.0791 e. The van der Waals surface area contributed by atoms with E-state index in [0.29, 0.717) is 13.1 Å². The van der Waals surface area contributed by atoms with Crippen LogP contribution in [-0.2, 0) is 0 Å². The lowest BCUT2D eigenvalue weighted by molar-refractivity contribution is 0.125. The first kappa shape index (κ1) is 19.8. The molecule has 0 bridgehead atoms. The van der Waals surface area contributed by atoms with E-state index in [9.17, 15) is 10.2 Å². The maximum atomic E-state index is 9.41. The van der Waals surface area contributed by atoms with Gasteiger partial charge in [0.1, 0.15) is 0 Å². The second kappa shape index (κ2) is 12.2. The molecule has 132 valence electrons. The Kier molecular flexibility index (Phi) is 11.0. The fraction of sp³-hybridized carbons (Fsp3) is 1.00. The van der Waals surface area contributed by atoms with Gasteiger partial charge in [0.25, 0.3) is 0 Å². The molecule has 2 aliphatic heterocycles. The van der Waals surface area contributed by atoms with E-state index in [2.05, 4.69) is 20.4 Å². The number of hydrogen-bond donors (Lipinski definition) is 4. The number of aliphatic hydroxyl groups excluding tert-OH is 2. The molecule has 0 amide bonds. The van der Waals surface area contributed by atoms with E-state index in [0.717, 1.165) is 13.1 Å². The van der Waals surface area contributed by atoms with Crippen molar-refractivity contribution in [1.82, 2.24) is 20.4 Å². The third kappa shape index (κ3) is 9.02. The summed E-state index contributed by atoms with van der Waals surface area (Å²) in [5.41, 5.74) is 0. The van der Waals surface area contributed by atoms with Crippen molar-refractivity contribution in [2.75, 3.05) is 66.5 Å². The molecule has 2 atom stereocenters. The number of nitrogens with zero attached hydrogens (tertiary/aromatic N) is 2. The van der Waals surface area contributed by atoms with Crippen LogP contribution in [0.4, 0.5) is 0 Å². The minimum absolute atomic E-state index is 0.196. The highest BCUT2D eigenvalue weighted by molar-refractivity contribution is 4.71. The molecular formula is C16H36N4O2. The molecule has 6 heteroatoms. The van der Waals surface area contributed by atoms with Crippen molar-refractivity contribution in [3.8, 4) is 0 Å². The van der Waals surface area contributed by atoms with Gasteiger partial charge in [-0.1, -0.05) is 0 Å². The van der Waals surface area contributed by atoms with E-state index in [1.165, 1.54) is 51.9 Å². The largest absolute Gasteiger partial charge is 0.390 e. The lowest BCUT2D eigenvalue weighted by Crippen LogP contribution is -2.35. The fourth-order valence-corrected chi connectivity index (χ4v) is 3.13. The molecule has 2 aliphatic rings. The Labute approximate surface area is 135 Å². The third-order valence-electron chi connectivity index (χ3n) is 4.21. The molecule has 0 spiro atoms. The third-order valence-corrected chi connectivity index (χ3v) is 4.21. The van der Waals surface area contributed by atoms with Gasteiger partial charge in [-0.15, -0.1) is 0 Å². The summed E-state index contributed by atoms with van der Waals surface area (Å²) in [4.78, 5) is 4.64. The monoisotopic (exact) mass is 316 g/mol. The Bertz CT molecular complexity index is 231. The lowest BCUT2D eigenvalue weighted by atomic mass is 10.3. The Hall–Kier alpha value is -0.240. The van der Waals surface area contributed by atoms with Crippen LogP contribution in [0.15, 0.2) is 0 Å². The molecule has 2 saturated heterocycles. The summed E-state index contributed by atoms with van der Waals surface area (Å²) < 4.78 is 0. The number of hydrogen-bond acceptors (Lipinski definition) is 6. The van der Waals surface area contributed by atoms with Crippen molar-refractivity contribution < 1.29 is 10.2 Å². The molecule has 4 N–H and O–H groups in total. The second-order valence-corrected chi connectivity index (χ2v) is 6.44. The van der Waals surface area contributed by atoms with Crippen LogP contribution in [0.2, 0.25) is 0 Å². The van der Waals surface area contributed by atoms with Crippen molar-refractivity contribution in [2.45, 2.75) is 37.9 Å². The topological polar surface area (TPSA) is 71.0 Å². The zero-order chi connectivity index (χ0) is 16.2. The Morgan fingerprint density at radius 3 is 1.32 bits per heavy atom. The molecule has 0 saturated carbocycles. The van der Waals surface area contributed by atoms with E-state index in [4.69, 9.17) is 0 Å². The molecule has 2 heterocycles. The molecule has 0 radical (unpaired) electrons. The van der Waals surface area contributed by atoms with Gasteiger partial charge in [-0.3, -0.25) is 0 Å². The standard InChI is InChI=1S/2C8H18N2O/c2*1-9-6-8(11)7-10-4-2-3-5-10/h2*8-9,11H,2-7H2,1H3. The van der Waals surface area contributed by atoms with Gasteiger partial charge in [0, 0.05) is 26.2 Å². The molecule has 2 rings (SSSR count). The zero-order valence-corrected chi connectivity index (χ0v) is 14.4. The average molecular weight is 316 g/mol. The van der Waals surface area contributed by atoms with Crippen molar-refractivity contribution >= 4 is 0 Å². The number of nitrogens with one attached hydrogen (secondary N) is 2. The van der Waals surface area contributed by atoms with Crippen LogP contribution in [0.3, 0.4) is 0 Å². The first-order valence-electron chi connectivity index (χ1n) is 8.75. The molecule has 0 aliphatic carbocycles. The first-order chi connectivity index (χ1) is 10.7. The van der Waals surface area contributed by atoms with E-state index in [1.807, 2.05) is 14.1 Å². The Morgan fingerprint density at radius 1 is 0.727 bits per heavy atom. The fourth-order valence-electron chi connectivity index (χ4n) is 3.13. The van der Waals surface area contributed by atoms with Crippen molar-refractivity contribution in [1.29, 1.82) is 0 Å². The molecule has 2 unspecified atom stereocenters. The summed E-state index contributed by atoms with van der Waals surface area (Å²) in [7, 11) is 3.74. The summed E-state index contributed by atoms with van der Waals surface area (Å²) in [6, 6.07) is 0. The van der Waals surface area contributed by atoms with Gasteiger partial charge >= 0.3 is 0 Å². The van der Waals surface area contributed by atoms with Crippen LogP contribution in [0.1, 0.15) is 25.7 Å². The number of β-amino-alcohol motifs (C(OH)–C–C–N with tert-alkyl or cyclic N) is 2. The van der Waals surface area contributed by atoms with E-state index in [-0.39, 0.29) is 12.2 Å². The van der Waals surface area contributed by atoms with Crippen molar-refractivity contribution in [2.24, 2.45) is 0 Å². The predicted molar refractivity (Wildman–Crippen MR) is 91.2 cm³/mol. The quantitative estimate of drug-likeness (QED) is 0.476. The van der Waals surface area contributed by atoms with Gasteiger partial charge in [-0.2, -0.15) is 0 Å². The predicted octanol–water partition coefficient (Wildman–Crippen LogP) is -0.675. The Morgan fingerprint density at radius 2 is 1.05 bits per heavy atom. The maximum absolute atomic E-state index is 9.41. The van der Waals surface area contributed by atoms with Gasteiger partial charge in [-0.25, -0.2) is 0 Å². The number of aliphatic hydroxyl groups is 2. The molecule has 0 aromatic carbocycles. The molecule has 0 aromatic rings. The summed E-state index contributed by atoms with van der Waals surface area (Å²) >= 11 is 0. The van der Waals surface area contributed by atoms with E-state index in [1.54, 1.807) is 0 Å². The highest BCUT2D eigenvalue weighted by Gasteiger charge is 2.15. The Balaban J connectivity index is 0.000000220. The summed E-state index contributed by atoms with van der Waals surface area (Å²) in [6.07, 6.45) is 4.80. The van der Waals surface area contributed by atoms with Crippen LogP contribution in [-0.4, -0.2) is 98.7 Å². The molecule has 22 heavy (non-hydrogen) atoms. The van der Waals surface area contributed by atoms with Gasteiger partial charge in [0.15, 0.2) is 0 Å². The first-order valence-corrected chi connectivity index (χ1v) is 8.75. The van der Waals surface area contributed by atoms with Crippen LogP contribution in [0, 0.1) is 0 Å². The highest BCUT2D eigenvalue weighted by atomic mass is 16.3. The number of likely N-dealkylation sites (tertiary alicyclic amines) is 2. The summed E-state index contributed by atoms with van der Waals surface area (Å²) in [6.45, 7) is 7.75. The lowest BCUT2D eigenvalue weighted by Gasteiger charge is -2.18. The summed E-state index contributed by atoms with van der Waals surface area (Å²) in [5, 5.41) is 24.7. The van der Waals surface area contributed by atoms with Crippen LogP contribution in [0.25, 0.3) is 0 Å². The second-order valence-electron chi connectivity index (χ2n) is 6.44. The molecule has 2 fully saturated rings. The molecular weight excluding hydrogens is 280 g/mol. The minimum Gasteiger partial charge on any atom is -0.390 e. The maximum Gasteiger partial charge on any atom is 0.0791 e. The van der Waals surface area contributed by atoms with Gasteiger partial charge < -0.3 is 30.6 Å². The van der Waals surface area contributed by atoms with Crippen molar-refractivity contribution in [3.63, 3.8) is 0 Å². The normalized spacial score (nSPS) is 22.4. The molecule has 6 nitrogen and oxygen atoms in total. The van der Waals surface area contributed by atoms with Crippen LogP contribution >= 0.6 is 0 Å². The summed E-state index contributed by atoms with van der Waals surface area (Å²) in [5.74, 6) is 0. The number of rotatable bonds is 8. The molecule has 0 aromatic heterocycles. The number of likely N-dealkylation sites (N-methyl/N-ethyl adjacent to an activating group) is 2. The minimum atomic E-state index is -0.196. The van der Waals surface area contributed by atoms with Gasteiger partial charge in [0.05, 0.1) is 12.2 Å². The van der Waals surface area contributed by atoms with Gasteiger partial charge in [-0.05, 0) is 66.0 Å². The zero-order valence-electron chi connectivity index (χ0n) is 14.4. The average Bonchev–Trinajstić information content (AvgIpc) is 3.13. The highest BCUT2D eigenvalue weighted by Crippen LogP contribution is 2.07. The van der Waals surface area contributed by atoms with E-state index >= 15 is 0 Å². The van der Waals surface area contributed by atoms with Crippen molar-refractivity contribution in [3.05, 3.63) is 0 Å².